The predicted octanol–water partition coefficient (Wildman–Crippen LogP) is 3.37. The quantitative estimate of drug-likeness (QED) is 0.790. The molecule has 0 spiro atoms. The Hall–Kier alpha value is -1.48. The van der Waals surface area contributed by atoms with Gasteiger partial charge in [-0.1, -0.05) is 12.1 Å². The third kappa shape index (κ3) is 1.34. The van der Waals surface area contributed by atoms with E-state index < -0.39 is 0 Å². The van der Waals surface area contributed by atoms with E-state index in [1.807, 2.05) is 0 Å². The number of furan rings is 1. The molecule has 20 heavy (non-hydrogen) atoms. The summed E-state index contributed by atoms with van der Waals surface area (Å²) in [4.78, 5) is 5.30. The minimum absolute atomic E-state index is 0.793. The number of anilines is 1. The van der Waals surface area contributed by atoms with E-state index in [1.54, 1.807) is 0 Å². The molecule has 3 unspecified atom stereocenters. The summed E-state index contributed by atoms with van der Waals surface area (Å²) in [6.45, 7) is 4.38. The lowest BCUT2D eigenvalue weighted by Crippen LogP contribution is -2.36. The van der Waals surface area contributed by atoms with Gasteiger partial charge in [0.05, 0.1) is 12.4 Å². The smallest absolute Gasteiger partial charge is 0.136 e. The van der Waals surface area contributed by atoms with Crippen molar-refractivity contribution >= 4 is 16.7 Å². The van der Waals surface area contributed by atoms with Crippen molar-refractivity contribution in [3.63, 3.8) is 0 Å². The average molecular weight is 268 g/mol. The molecule has 5 rings (SSSR count). The van der Waals surface area contributed by atoms with Crippen LogP contribution in [0.2, 0.25) is 0 Å². The van der Waals surface area contributed by atoms with E-state index in [9.17, 15) is 0 Å². The summed E-state index contributed by atoms with van der Waals surface area (Å²) in [6, 6.07) is 10.1. The van der Waals surface area contributed by atoms with Crippen molar-refractivity contribution in [2.24, 2.45) is 5.92 Å². The molecule has 2 aromatic rings. The van der Waals surface area contributed by atoms with Crippen LogP contribution >= 0.6 is 0 Å². The average Bonchev–Trinajstić information content (AvgIpc) is 3.17. The molecule has 0 amide bonds. The molecule has 1 aliphatic carbocycles. The van der Waals surface area contributed by atoms with Crippen LogP contribution in [0, 0.1) is 12.8 Å². The van der Waals surface area contributed by atoms with Crippen LogP contribution in [-0.4, -0.2) is 30.2 Å². The van der Waals surface area contributed by atoms with E-state index in [0.29, 0.717) is 0 Å². The van der Waals surface area contributed by atoms with Crippen LogP contribution in [0.15, 0.2) is 28.7 Å². The SMILES string of the molecule is Cc1oc2ccccc2c1N1CC2C3CCC(C3)N2C1. The molecule has 1 aromatic heterocycles. The molecule has 3 aliphatic rings. The topological polar surface area (TPSA) is 19.6 Å². The van der Waals surface area contributed by atoms with Gasteiger partial charge in [-0.2, -0.15) is 0 Å². The van der Waals surface area contributed by atoms with E-state index in [2.05, 4.69) is 41.0 Å². The van der Waals surface area contributed by atoms with Crippen molar-refractivity contribution in [3.8, 4) is 0 Å². The first-order valence-corrected chi connectivity index (χ1v) is 7.80. The van der Waals surface area contributed by atoms with Crippen LogP contribution in [0.4, 0.5) is 5.69 Å². The second-order valence-electron chi connectivity index (χ2n) is 6.68. The van der Waals surface area contributed by atoms with Crippen molar-refractivity contribution in [2.75, 3.05) is 18.1 Å². The minimum Gasteiger partial charge on any atom is -0.459 e. The normalized spacial score (nSPS) is 32.5. The van der Waals surface area contributed by atoms with Crippen LogP contribution in [-0.2, 0) is 0 Å². The summed E-state index contributed by atoms with van der Waals surface area (Å²) in [5.41, 5.74) is 2.35. The zero-order chi connectivity index (χ0) is 13.3. The summed E-state index contributed by atoms with van der Waals surface area (Å²) in [7, 11) is 0. The fraction of sp³-hybridized carbons (Fsp3) is 0.529. The molecule has 3 fully saturated rings. The first-order chi connectivity index (χ1) is 9.81. The molecular formula is C17H20N2O. The molecule has 3 heterocycles. The maximum atomic E-state index is 5.94. The number of rotatable bonds is 1. The zero-order valence-electron chi connectivity index (χ0n) is 11.9. The van der Waals surface area contributed by atoms with Crippen LogP contribution < -0.4 is 4.90 Å². The van der Waals surface area contributed by atoms with Crippen molar-refractivity contribution in [3.05, 3.63) is 30.0 Å². The highest BCUT2D eigenvalue weighted by Gasteiger charge is 2.50. The fourth-order valence-corrected chi connectivity index (χ4v) is 4.85. The lowest BCUT2D eigenvalue weighted by atomic mass is 10.00. The third-order valence-electron chi connectivity index (χ3n) is 5.68. The molecule has 1 aromatic carbocycles. The van der Waals surface area contributed by atoms with Gasteiger partial charge in [-0.3, -0.25) is 4.90 Å². The van der Waals surface area contributed by atoms with Gasteiger partial charge in [0.15, 0.2) is 0 Å². The summed E-state index contributed by atoms with van der Waals surface area (Å²) < 4.78 is 5.94. The van der Waals surface area contributed by atoms with Crippen LogP contribution in [0.1, 0.15) is 25.0 Å². The molecule has 0 N–H and O–H groups in total. The molecule has 0 radical (unpaired) electrons. The van der Waals surface area contributed by atoms with Crippen LogP contribution in [0.3, 0.4) is 0 Å². The van der Waals surface area contributed by atoms with Gasteiger partial charge < -0.3 is 9.32 Å². The highest BCUT2D eigenvalue weighted by atomic mass is 16.3. The minimum atomic E-state index is 0.793. The highest BCUT2D eigenvalue weighted by Crippen LogP contribution is 2.47. The predicted molar refractivity (Wildman–Crippen MR) is 79.9 cm³/mol. The number of benzene rings is 1. The number of fused-ring (bicyclic) bond motifs is 6. The van der Waals surface area contributed by atoms with Gasteiger partial charge in [-0.15, -0.1) is 0 Å². The summed E-state index contributed by atoms with van der Waals surface area (Å²) in [5.74, 6) is 2.02. The zero-order valence-corrected chi connectivity index (χ0v) is 11.9. The third-order valence-corrected chi connectivity index (χ3v) is 5.68. The lowest BCUT2D eigenvalue weighted by Gasteiger charge is -2.27. The fourth-order valence-electron chi connectivity index (χ4n) is 4.85. The molecule has 104 valence electrons. The number of piperidine rings is 1. The van der Waals surface area contributed by atoms with Gasteiger partial charge in [0.2, 0.25) is 0 Å². The van der Waals surface area contributed by atoms with E-state index in [0.717, 1.165) is 36.0 Å². The monoisotopic (exact) mass is 268 g/mol. The molecule has 3 nitrogen and oxygen atoms in total. The number of aryl methyl sites for hydroxylation is 1. The van der Waals surface area contributed by atoms with Crippen LogP contribution in [0.5, 0.6) is 0 Å². The Bertz CT molecular complexity index is 659. The number of hydrogen-bond acceptors (Lipinski definition) is 3. The largest absolute Gasteiger partial charge is 0.459 e. The van der Waals surface area contributed by atoms with Gasteiger partial charge in [0.25, 0.3) is 0 Å². The number of nitrogens with zero attached hydrogens (tertiary/aromatic N) is 2. The Morgan fingerprint density at radius 1 is 1.20 bits per heavy atom. The van der Waals surface area contributed by atoms with Gasteiger partial charge in [-0.05, 0) is 44.2 Å². The molecule has 2 saturated heterocycles. The first kappa shape index (κ1) is 11.2. The van der Waals surface area contributed by atoms with Crippen molar-refractivity contribution in [1.29, 1.82) is 0 Å². The summed E-state index contributed by atoms with van der Waals surface area (Å²) in [6.07, 6.45) is 4.31. The molecule has 3 atom stereocenters. The van der Waals surface area contributed by atoms with Crippen molar-refractivity contribution < 1.29 is 4.42 Å². The van der Waals surface area contributed by atoms with Gasteiger partial charge in [0, 0.05) is 24.0 Å². The van der Waals surface area contributed by atoms with Gasteiger partial charge >= 0.3 is 0 Å². The Balaban J connectivity index is 1.56. The summed E-state index contributed by atoms with van der Waals surface area (Å²) >= 11 is 0. The first-order valence-electron chi connectivity index (χ1n) is 7.80. The number of hydrogen-bond donors (Lipinski definition) is 0. The molecule has 2 aliphatic heterocycles. The van der Waals surface area contributed by atoms with Gasteiger partial charge in [-0.25, -0.2) is 0 Å². The second-order valence-corrected chi connectivity index (χ2v) is 6.68. The van der Waals surface area contributed by atoms with Gasteiger partial charge in [0.1, 0.15) is 11.3 Å². The Morgan fingerprint density at radius 2 is 2.10 bits per heavy atom. The second kappa shape index (κ2) is 3.79. The maximum absolute atomic E-state index is 5.94. The van der Waals surface area contributed by atoms with E-state index in [1.165, 1.54) is 36.9 Å². The number of para-hydroxylation sites is 1. The van der Waals surface area contributed by atoms with E-state index >= 15 is 0 Å². The van der Waals surface area contributed by atoms with Crippen molar-refractivity contribution in [1.82, 2.24) is 4.90 Å². The molecular weight excluding hydrogens is 248 g/mol. The standard InChI is InChI=1S/C17H20N2O/c1-11-17(14-4-2-3-5-16(14)20-11)18-9-15-12-6-7-13(8-12)19(15)10-18/h2-5,12-13,15H,6-10H2,1H3. The molecule has 3 heteroatoms. The van der Waals surface area contributed by atoms with E-state index in [-0.39, 0.29) is 0 Å². The Labute approximate surface area is 119 Å². The Morgan fingerprint density at radius 3 is 3.00 bits per heavy atom. The molecule has 2 bridgehead atoms. The highest BCUT2D eigenvalue weighted by molar-refractivity contribution is 5.93. The molecule has 1 saturated carbocycles. The maximum Gasteiger partial charge on any atom is 0.136 e. The van der Waals surface area contributed by atoms with Crippen LogP contribution in [0.25, 0.3) is 11.0 Å². The summed E-state index contributed by atoms with van der Waals surface area (Å²) in [5, 5.41) is 1.28. The Kier molecular flexibility index (Phi) is 2.12. The lowest BCUT2D eigenvalue weighted by molar-refractivity contribution is 0.193. The van der Waals surface area contributed by atoms with E-state index in [4.69, 9.17) is 4.42 Å². The van der Waals surface area contributed by atoms with Crippen molar-refractivity contribution in [2.45, 2.75) is 38.3 Å².